The summed E-state index contributed by atoms with van der Waals surface area (Å²) in [4.78, 5) is 13.7. The Kier molecular flexibility index (Phi) is 5.30. The first-order chi connectivity index (χ1) is 12.2. The van der Waals surface area contributed by atoms with E-state index in [0.717, 1.165) is 11.4 Å². The fraction of sp³-hybridized carbons (Fsp3) is 0.167. The molecule has 1 aromatic heterocycles. The van der Waals surface area contributed by atoms with Crippen molar-refractivity contribution in [1.29, 1.82) is 0 Å². The molecule has 0 aliphatic carbocycles. The van der Waals surface area contributed by atoms with E-state index in [1.54, 1.807) is 29.2 Å². The van der Waals surface area contributed by atoms with Crippen LogP contribution in [0.1, 0.15) is 16.1 Å². The van der Waals surface area contributed by atoms with Gasteiger partial charge in [0.15, 0.2) is 0 Å². The molecule has 0 atom stereocenters. The number of rotatable bonds is 6. The molecule has 0 spiro atoms. The Morgan fingerprint density at radius 3 is 2.76 bits per heavy atom. The van der Waals surface area contributed by atoms with Crippen molar-refractivity contribution < 1.29 is 9.53 Å². The maximum absolute atomic E-state index is 12.2. The molecule has 1 N–H and O–H groups in total. The first-order valence-corrected chi connectivity index (χ1v) is 8.13. The smallest absolute Gasteiger partial charge is 0.251 e. The third-order valence-corrected chi connectivity index (χ3v) is 3.90. The van der Waals surface area contributed by atoms with Crippen molar-refractivity contribution in [3.63, 3.8) is 0 Å². The second-order valence-electron chi connectivity index (χ2n) is 5.32. The predicted molar refractivity (Wildman–Crippen MR) is 95.4 cm³/mol. The summed E-state index contributed by atoms with van der Waals surface area (Å²) < 4.78 is 5.08. The van der Waals surface area contributed by atoms with Crippen LogP contribution in [0.2, 0.25) is 5.02 Å². The highest BCUT2D eigenvalue weighted by molar-refractivity contribution is 6.32. The number of hydrogen-bond donors (Lipinski definition) is 1. The minimum absolute atomic E-state index is 0.194. The van der Waals surface area contributed by atoms with Gasteiger partial charge in [0.1, 0.15) is 5.75 Å². The first kappa shape index (κ1) is 17.0. The van der Waals surface area contributed by atoms with Crippen molar-refractivity contribution in [2.45, 2.75) is 6.42 Å². The number of aromatic nitrogens is 3. The molecule has 25 heavy (non-hydrogen) atoms. The Hall–Kier alpha value is -2.86. The van der Waals surface area contributed by atoms with Crippen LogP contribution >= 0.6 is 11.6 Å². The van der Waals surface area contributed by atoms with Gasteiger partial charge in [-0.2, -0.15) is 15.0 Å². The highest BCUT2D eigenvalue weighted by Crippen LogP contribution is 2.24. The molecule has 3 aromatic rings. The van der Waals surface area contributed by atoms with Gasteiger partial charge in [0.05, 0.1) is 29.7 Å². The number of benzene rings is 2. The number of carbonyl (C=O) groups excluding carboxylic acids is 1. The van der Waals surface area contributed by atoms with E-state index in [1.807, 2.05) is 30.3 Å². The van der Waals surface area contributed by atoms with Crippen molar-refractivity contribution >= 4 is 17.5 Å². The SMILES string of the molecule is COc1ccc(C(=O)NCCc2cnn(-c3ccccc3)n2)cc1Cl. The summed E-state index contributed by atoms with van der Waals surface area (Å²) in [5.41, 5.74) is 2.18. The van der Waals surface area contributed by atoms with Gasteiger partial charge in [-0.15, -0.1) is 0 Å². The minimum atomic E-state index is -0.194. The molecule has 3 rings (SSSR count). The molecule has 0 bridgehead atoms. The van der Waals surface area contributed by atoms with Gasteiger partial charge in [-0.3, -0.25) is 4.79 Å². The molecule has 7 heteroatoms. The van der Waals surface area contributed by atoms with Gasteiger partial charge in [0.2, 0.25) is 0 Å². The summed E-state index contributed by atoms with van der Waals surface area (Å²) in [6.45, 7) is 0.454. The second kappa shape index (κ2) is 7.81. The molecular weight excluding hydrogens is 340 g/mol. The molecule has 1 heterocycles. The zero-order valence-electron chi connectivity index (χ0n) is 13.6. The van der Waals surface area contributed by atoms with E-state index in [9.17, 15) is 4.79 Å². The Morgan fingerprint density at radius 1 is 1.24 bits per heavy atom. The summed E-state index contributed by atoms with van der Waals surface area (Å²) in [5.74, 6) is 0.343. The van der Waals surface area contributed by atoms with E-state index < -0.39 is 0 Å². The second-order valence-corrected chi connectivity index (χ2v) is 5.72. The minimum Gasteiger partial charge on any atom is -0.495 e. The third-order valence-electron chi connectivity index (χ3n) is 3.61. The van der Waals surface area contributed by atoms with Crippen molar-refractivity contribution in [3.05, 3.63) is 71.0 Å². The van der Waals surface area contributed by atoms with Crippen LogP contribution in [0.25, 0.3) is 5.69 Å². The number of amides is 1. The molecule has 128 valence electrons. The lowest BCUT2D eigenvalue weighted by Gasteiger charge is -2.07. The number of nitrogens with one attached hydrogen (secondary N) is 1. The van der Waals surface area contributed by atoms with Crippen LogP contribution in [0.15, 0.2) is 54.7 Å². The lowest BCUT2D eigenvalue weighted by molar-refractivity contribution is 0.0954. The van der Waals surface area contributed by atoms with Crippen LogP contribution in [0.5, 0.6) is 5.75 Å². The maximum Gasteiger partial charge on any atom is 0.251 e. The molecule has 0 radical (unpaired) electrons. The number of hydrogen-bond acceptors (Lipinski definition) is 4. The monoisotopic (exact) mass is 356 g/mol. The number of methoxy groups -OCH3 is 1. The van der Waals surface area contributed by atoms with Crippen LogP contribution in [0, 0.1) is 0 Å². The standard InChI is InChI=1S/C18H17ClN4O2/c1-25-17-8-7-13(11-16(17)19)18(24)20-10-9-14-12-21-23(22-14)15-5-3-2-4-6-15/h2-8,11-12H,9-10H2,1H3,(H,20,24). The molecule has 0 aliphatic rings. The van der Waals surface area contributed by atoms with Gasteiger partial charge in [-0.1, -0.05) is 29.8 Å². The molecular formula is C18H17ClN4O2. The maximum atomic E-state index is 12.2. The Bertz CT molecular complexity index is 865. The zero-order chi connectivity index (χ0) is 17.6. The van der Waals surface area contributed by atoms with E-state index in [1.165, 1.54) is 7.11 Å². The summed E-state index contributed by atoms with van der Waals surface area (Å²) in [5, 5.41) is 11.9. The Labute approximate surface area is 150 Å². The Balaban J connectivity index is 1.55. The van der Waals surface area contributed by atoms with Crippen LogP contribution in [0.3, 0.4) is 0 Å². The van der Waals surface area contributed by atoms with E-state index in [2.05, 4.69) is 15.5 Å². The van der Waals surface area contributed by atoms with E-state index in [-0.39, 0.29) is 5.91 Å². The molecule has 0 fully saturated rings. The van der Waals surface area contributed by atoms with Crippen LogP contribution < -0.4 is 10.1 Å². The van der Waals surface area contributed by atoms with Crippen LogP contribution in [0.4, 0.5) is 0 Å². The lowest BCUT2D eigenvalue weighted by Crippen LogP contribution is -2.25. The van der Waals surface area contributed by atoms with Crippen molar-refractivity contribution in [2.75, 3.05) is 13.7 Å². The van der Waals surface area contributed by atoms with Gasteiger partial charge < -0.3 is 10.1 Å². The highest BCUT2D eigenvalue weighted by Gasteiger charge is 2.09. The van der Waals surface area contributed by atoms with Gasteiger partial charge >= 0.3 is 0 Å². The largest absolute Gasteiger partial charge is 0.495 e. The van der Waals surface area contributed by atoms with Crippen LogP contribution in [-0.4, -0.2) is 34.6 Å². The third kappa shape index (κ3) is 4.16. The zero-order valence-corrected chi connectivity index (χ0v) is 14.4. The van der Waals surface area contributed by atoms with Crippen molar-refractivity contribution in [3.8, 4) is 11.4 Å². The summed E-state index contributed by atoms with van der Waals surface area (Å²) in [6.07, 6.45) is 2.28. The van der Waals surface area contributed by atoms with E-state index >= 15 is 0 Å². The van der Waals surface area contributed by atoms with Crippen molar-refractivity contribution in [1.82, 2.24) is 20.3 Å². The van der Waals surface area contributed by atoms with Crippen molar-refractivity contribution in [2.24, 2.45) is 0 Å². The molecule has 0 unspecified atom stereocenters. The molecule has 0 saturated carbocycles. The molecule has 2 aromatic carbocycles. The fourth-order valence-electron chi connectivity index (χ4n) is 2.31. The van der Waals surface area contributed by atoms with Gasteiger partial charge in [0, 0.05) is 18.5 Å². The number of para-hydroxylation sites is 1. The number of nitrogens with zero attached hydrogens (tertiary/aromatic N) is 3. The van der Waals surface area contributed by atoms with E-state index in [0.29, 0.717) is 29.3 Å². The first-order valence-electron chi connectivity index (χ1n) is 7.76. The summed E-state index contributed by atoms with van der Waals surface area (Å²) in [6, 6.07) is 14.6. The number of halogens is 1. The number of carbonyl (C=O) groups is 1. The average Bonchev–Trinajstić information content (AvgIpc) is 3.11. The van der Waals surface area contributed by atoms with Gasteiger partial charge in [0.25, 0.3) is 5.91 Å². The topological polar surface area (TPSA) is 69.0 Å². The molecule has 0 saturated heterocycles. The molecule has 1 amide bonds. The fourth-order valence-corrected chi connectivity index (χ4v) is 2.57. The lowest BCUT2D eigenvalue weighted by atomic mass is 10.2. The Morgan fingerprint density at radius 2 is 2.04 bits per heavy atom. The predicted octanol–water partition coefficient (Wildman–Crippen LogP) is 2.90. The summed E-state index contributed by atoms with van der Waals surface area (Å²) >= 11 is 6.04. The highest BCUT2D eigenvalue weighted by atomic mass is 35.5. The number of ether oxygens (including phenoxy) is 1. The summed E-state index contributed by atoms with van der Waals surface area (Å²) in [7, 11) is 1.53. The van der Waals surface area contributed by atoms with Gasteiger partial charge in [-0.25, -0.2) is 0 Å². The van der Waals surface area contributed by atoms with Crippen LogP contribution in [-0.2, 0) is 6.42 Å². The average molecular weight is 357 g/mol. The molecule has 0 aliphatic heterocycles. The normalized spacial score (nSPS) is 10.5. The van der Waals surface area contributed by atoms with E-state index in [4.69, 9.17) is 16.3 Å². The molecule has 6 nitrogen and oxygen atoms in total. The quantitative estimate of drug-likeness (QED) is 0.737. The van der Waals surface area contributed by atoms with Gasteiger partial charge in [-0.05, 0) is 30.3 Å².